The van der Waals surface area contributed by atoms with E-state index in [4.69, 9.17) is 10.9 Å². The van der Waals surface area contributed by atoms with Crippen molar-refractivity contribution in [2.45, 2.75) is 26.7 Å². The van der Waals surface area contributed by atoms with Gasteiger partial charge in [-0.3, -0.25) is 0 Å². The lowest BCUT2D eigenvalue weighted by Crippen LogP contribution is -1.86. The van der Waals surface area contributed by atoms with Gasteiger partial charge in [-0.25, -0.2) is 0 Å². The quantitative estimate of drug-likeness (QED) is 0.600. The Morgan fingerprint density at radius 3 is 2.73 bits per heavy atom. The molecule has 1 rings (SSSR count). The van der Waals surface area contributed by atoms with Gasteiger partial charge in [0.05, 0.1) is 5.69 Å². The lowest BCUT2D eigenvalue weighted by molar-refractivity contribution is 0.392. The molecule has 0 aliphatic rings. The van der Waals surface area contributed by atoms with Crippen molar-refractivity contribution in [3.63, 3.8) is 0 Å². The van der Waals surface area contributed by atoms with Crippen LogP contribution in [0.2, 0.25) is 0 Å². The first-order valence-electron chi connectivity index (χ1n) is 3.61. The molecule has 0 atom stereocenters. The summed E-state index contributed by atoms with van der Waals surface area (Å²) in [5.74, 6) is 3.48. The van der Waals surface area contributed by atoms with Crippen molar-refractivity contribution in [1.82, 2.24) is 5.16 Å². The van der Waals surface area contributed by atoms with Gasteiger partial charge in [0.2, 0.25) is 0 Å². The van der Waals surface area contributed by atoms with Gasteiger partial charge < -0.3 is 4.52 Å². The van der Waals surface area contributed by atoms with Crippen LogP contribution in [0.1, 0.15) is 23.4 Å². The number of aromatic nitrogens is 1. The average Bonchev–Trinajstić information content (AvgIpc) is 2.29. The molecule has 1 heterocycles. The molecule has 2 nitrogen and oxygen atoms in total. The van der Waals surface area contributed by atoms with E-state index in [1.165, 1.54) is 0 Å². The summed E-state index contributed by atoms with van der Waals surface area (Å²) in [4.78, 5) is 0. The van der Waals surface area contributed by atoms with Crippen LogP contribution in [0.25, 0.3) is 0 Å². The Morgan fingerprint density at radius 1 is 1.55 bits per heavy atom. The van der Waals surface area contributed by atoms with Gasteiger partial charge in [0.25, 0.3) is 0 Å². The zero-order valence-corrected chi connectivity index (χ0v) is 6.85. The SMILES string of the molecule is C#CCCc1c(C)noc1C. The maximum Gasteiger partial charge on any atom is 0.137 e. The summed E-state index contributed by atoms with van der Waals surface area (Å²) in [7, 11) is 0. The third-order valence-electron chi connectivity index (χ3n) is 1.70. The maximum absolute atomic E-state index is 5.14. The van der Waals surface area contributed by atoms with Crippen LogP contribution in [0.15, 0.2) is 4.52 Å². The van der Waals surface area contributed by atoms with Crippen molar-refractivity contribution in [3.05, 3.63) is 17.0 Å². The third-order valence-corrected chi connectivity index (χ3v) is 1.70. The fraction of sp³-hybridized carbons (Fsp3) is 0.444. The molecule has 58 valence electrons. The highest BCUT2D eigenvalue weighted by Crippen LogP contribution is 2.13. The first-order valence-corrected chi connectivity index (χ1v) is 3.61. The second-order valence-corrected chi connectivity index (χ2v) is 2.51. The van der Waals surface area contributed by atoms with Crippen LogP contribution >= 0.6 is 0 Å². The highest BCUT2D eigenvalue weighted by molar-refractivity contribution is 5.21. The molecule has 11 heavy (non-hydrogen) atoms. The molecule has 0 saturated carbocycles. The minimum absolute atomic E-state index is 0.753. The van der Waals surface area contributed by atoms with Gasteiger partial charge in [-0.1, -0.05) is 5.16 Å². The number of rotatable bonds is 2. The van der Waals surface area contributed by atoms with Gasteiger partial charge in [0.15, 0.2) is 0 Å². The summed E-state index contributed by atoms with van der Waals surface area (Å²) in [6.07, 6.45) is 6.77. The molecule has 2 heteroatoms. The van der Waals surface area contributed by atoms with E-state index < -0.39 is 0 Å². The zero-order chi connectivity index (χ0) is 8.27. The summed E-state index contributed by atoms with van der Waals surface area (Å²) < 4.78 is 4.97. The summed E-state index contributed by atoms with van der Waals surface area (Å²) in [5.41, 5.74) is 2.11. The largest absolute Gasteiger partial charge is 0.361 e. The predicted molar refractivity (Wildman–Crippen MR) is 43.1 cm³/mol. The van der Waals surface area contributed by atoms with Gasteiger partial charge in [-0.05, 0) is 20.3 Å². The molecular weight excluding hydrogens is 138 g/mol. The van der Waals surface area contributed by atoms with E-state index in [2.05, 4.69) is 11.1 Å². The molecule has 0 aromatic carbocycles. The fourth-order valence-electron chi connectivity index (χ4n) is 1.06. The van der Waals surface area contributed by atoms with Gasteiger partial charge in [0, 0.05) is 12.0 Å². The van der Waals surface area contributed by atoms with Crippen molar-refractivity contribution in [3.8, 4) is 12.3 Å². The van der Waals surface area contributed by atoms with Crippen LogP contribution in [0, 0.1) is 26.2 Å². The monoisotopic (exact) mass is 149 g/mol. The van der Waals surface area contributed by atoms with Crippen molar-refractivity contribution in [1.29, 1.82) is 0 Å². The van der Waals surface area contributed by atoms with E-state index in [0.717, 1.165) is 29.9 Å². The van der Waals surface area contributed by atoms with E-state index in [-0.39, 0.29) is 0 Å². The Labute approximate surface area is 66.6 Å². The minimum atomic E-state index is 0.753. The highest BCUT2D eigenvalue weighted by atomic mass is 16.5. The van der Waals surface area contributed by atoms with E-state index in [1.54, 1.807) is 0 Å². The average molecular weight is 149 g/mol. The number of nitrogens with zero attached hydrogens (tertiary/aromatic N) is 1. The van der Waals surface area contributed by atoms with Crippen LogP contribution in [-0.2, 0) is 6.42 Å². The van der Waals surface area contributed by atoms with Crippen molar-refractivity contribution in [2.24, 2.45) is 0 Å². The predicted octanol–water partition coefficient (Wildman–Crippen LogP) is 1.86. The summed E-state index contributed by atoms with van der Waals surface area (Å²) in [6.45, 7) is 3.84. The van der Waals surface area contributed by atoms with Crippen LogP contribution in [0.4, 0.5) is 0 Å². The van der Waals surface area contributed by atoms with E-state index in [1.807, 2.05) is 13.8 Å². The standard InChI is InChI=1S/C9H11NO/c1-4-5-6-9-7(2)10-11-8(9)3/h1H,5-6H2,2-3H3. The summed E-state index contributed by atoms with van der Waals surface area (Å²) in [6, 6.07) is 0. The van der Waals surface area contributed by atoms with Gasteiger partial charge >= 0.3 is 0 Å². The molecule has 0 unspecified atom stereocenters. The van der Waals surface area contributed by atoms with E-state index in [9.17, 15) is 0 Å². The first kappa shape index (κ1) is 7.87. The molecule has 1 aromatic heterocycles. The lowest BCUT2D eigenvalue weighted by Gasteiger charge is -1.92. The zero-order valence-electron chi connectivity index (χ0n) is 6.85. The number of aryl methyl sites for hydroxylation is 2. The van der Waals surface area contributed by atoms with Crippen molar-refractivity contribution < 1.29 is 4.52 Å². The van der Waals surface area contributed by atoms with E-state index in [0.29, 0.717) is 0 Å². The Balaban J connectivity index is 2.77. The Bertz CT molecular complexity index is 261. The van der Waals surface area contributed by atoms with Crippen LogP contribution < -0.4 is 0 Å². The smallest absolute Gasteiger partial charge is 0.137 e. The molecule has 1 aromatic rings. The van der Waals surface area contributed by atoms with Gasteiger partial charge in [0.1, 0.15) is 5.76 Å². The molecule has 0 spiro atoms. The second kappa shape index (κ2) is 3.25. The normalized spacial score (nSPS) is 9.55. The number of terminal acetylenes is 1. The van der Waals surface area contributed by atoms with Crippen LogP contribution in [0.3, 0.4) is 0 Å². The Morgan fingerprint density at radius 2 is 2.27 bits per heavy atom. The molecule has 0 fully saturated rings. The Kier molecular flexibility index (Phi) is 2.32. The second-order valence-electron chi connectivity index (χ2n) is 2.51. The summed E-state index contributed by atoms with van der Waals surface area (Å²) >= 11 is 0. The molecule has 0 aliphatic carbocycles. The third kappa shape index (κ3) is 1.62. The Hall–Kier alpha value is -1.23. The fourth-order valence-corrected chi connectivity index (χ4v) is 1.06. The maximum atomic E-state index is 5.14. The van der Waals surface area contributed by atoms with Gasteiger partial charge in [-0.15, -0.1) is 12.3 Å². The highest BCUT2D eigenvalue weighted by Gasteiger charge is 2.06. The number of hydrogen-bond donors (Lipinski definition) is 0. The van der Waals surface area contributed by atoms with Crippen molar-refractivity contribution in [2.75, 3.05) is 0 Å². The first-order chi connectivity index (χ1) is 5.25. The molecule has 0 N–H and O–H groups in total. The van der Waals surface area contributed by atoms with Crippen LogP contribution in [-0.4, -0.2) is 5.16 Å². The van der Waals surface area contributed by atoms with Crippen molar-refractivity contribution >= 4 is 0 Å². The molecule has 0 radical (unpaired) electrons. The summed E-state index contributed by atoms with van der Waals surface area (Å²) in [5, 5.41) is 3.83. The minimum Gasteiger partial charge on any atom is -0.361 e. The van der Waals surface area contributed by atoms with Crippen LogP contribution in [0.5, 0.6) is 0 Å². The molecule has 0 saturated heterocycles. The molecule has 0 aliphatic heterocycles. The number of hydrogen-bond acceptors (Lipinski definition) is 2. The lowest BCUT2D eigenvalue weighted by atomic mass is 10.1. The van der Waals surface area contributed by atoms with Gasteiger partial charge in [-0.2, -0.15) is 0 Å². The van der Waals surface area contributed by atoms with E-state index >= 15 is 0 Å². The molecule has 0 bridgehead atoms. The molecular formula is C9H11NO. The molecule has 0 amide bonds. The topological polar surface area (TPSA) is 26.0 Å².